The number of carbonyl (C=O) groups is 2. The number of rotatable bonds is 4. The predicted octanol–water partition coefficient (Wildman–Crippen LogP) is 1.71. The zero-order valence-electron chi connectivity index (χ0n) is 9.49. The zero-order valence-corrected chi connectivity index (χ0v) is 10.3. The number of ketones is 1. The van der Waals surface area contributed by atoms with Crippen LogP contribution in [0.5, 0.6) is 0 Å². The number of piperidine rings is 1. The van der Waals surface area contributed by atoms with Gasteiger partial charge in [0.1, 0.15) is 5.78 Å². The van der Waals surface area contributed by atoms with E-state index in [0.29, 0.717) is 36.9 Å². The molecule has 0 saturated carbocycles. The van der Waals surface area contributed by atoms with E-state index in [2.05, 4.69) is 13.8 Å². The largest absolute Gasteiger partial charge is 0.341 e. The van der Waals surface area contributed by atoms with Crippen LogP contribution in [-0.2, 0) is 9.59 Å². The van der Waals surface area contributed by atoms with Crippen molar-refractivity contribution in [3.05, 3.63) is 0 Å². The summed E-state index contributed by atoms with van der Waals surface area (Å²) in [4.78, 5) is 24.5. The summed E-state index contributed by atoms with van der Waals surface area (Å²) >= 11 is 1.70. The van der Waals surface area contributed by atoms with Gasteiger partial charge in [0.2, 0.25) is 5.91 Å². The van der Waals surface area contributed by atoms with Crippen molar-refractivity contribution in [2.24, 2.45) is 0 Å². The van der Waals surface area contributed by atoms with Crippen molar-refractivity contribution in [3.63, 3.8) is 0 Å². The number of hydrogen-bond donors (Lipinski definition) is 0. The maximum atomic E-state index is 11.7. The molecule has 0 aromatic carbocycles. The van der Waals surface area contributed by atoms with Crippen molar-refractivity contribution in [3.8, 4) is 0 Å². The Morgan fingerprint density at radius 3 is 2.60 bits per heavy atom. The van der Waals surface area contributed by atoms with E-state index in [9.17, 15) is 9.59 Å². The molecular formula is C11H19NO2S. The monoisotopic (exact) mass is 229 g/mol. The van der Waals surface area contributed by atoms with Crippen molar-refractivity contribution in [2.75, 3.05) is 18.8 Å². The van der Waals surface area contributed by atoms with E-state index in [-0.39, 0.29) is 11.7 Å². The quantitative estimate of drug-likeness (QED) is 0.736. The van der Waals surface area contributed by atoms with E-state index in [0.717, 1.165) is 6.42 Å². The first kappa shape index (κ1) is 12.6. The molecule has 86 valence electrons. The molecule has 1 rings (SSSR count). The van der Waals surface area contributed by atoms with Gasteiger partial charge in [-0.15, -0.1) is 11.8 Å². The van der Waals surface area contributed by atoms with Crippen LogP contribution in [-0.4, -0.2) is 40.7 Å². The number of thioether (sulfide) groups is 1. The molecule has 1 aliphatic rings. The van der Waals surface area contributed by atoms with E-state index in [1.54, 1.807) is 11.8 Å². The van der Waals surface area contributed by atoms with Gasteiger partial charge < -0.3 is 4.90 Å². The highest BCUT2D eigenvalue weighted by Gasteiger charge is 2.20. The fourth-order valence-electron chi connectivity index (χ4n) is 1.43. The number of Topliss-reactive ketones (excluding diaryl/α,β-unsaturated/α-hetero) is 1. The third kappa shape index (κ3) is 4.24. The number of nitrogens with zero attached hydrogens (tertiary/aromatic N) is 1. The fraction of sp³-hybridized carbons (Fsp3) is 0.818. The van der Waals surface area contributed by atoms with Crippen molar-refractivity contribution in [1.82, 2.24) is 4.90 Å². The Bertz CT molecular complexity index is 233. The molecule has 1 heterocycles. The van der Waals surface area contributed by atoms with Crippen LogP contribution < -0.4 is 0 Å². The van der Waals surface area contributed by atoms with Crippen molar-refractivity contribution >= 4 is 23.5 Å². The van der Waals surface area contributed by atoms with Gasteiger partial charge in [-0.3, -0.25) is 9.59 Å². The van der Waals surface area contributed by atoms with E-state index < -0.39 is 0 Å². The van der Waals surface area contributed by atoms with Gasteiger partial charge in [-0.05, 0) is 6.42 Å². The van der Waals surface area contributed by atoms with Gasteiger partial charge in [-0.2, -0.15) is 0 Å². The number of hydrogen-bond acceptors (Lipinski definition) is 3. The van der Waals surface area contributed by atoms with Gasteiger partial charge in [0.15, 0.2) is 0 Å². The Balaban J connectivity index is 2.25. The molecule has 0 aromatic rings. The lowest BCUT2D eigenvalue weighted by molar-refractivity contribution is -0.132. The van der Waals surface area contributed by atoms with Gasteiger partial charge in [0, 0.05) is 31.2 Å². The average Bonchev–Trinajstić information content (AvgIpc) is 2.26. The lowest BCUT2D eigenvalue weighted by atomic mass is 10.1. The maximum absolute atomic E-state index is 11.7. The van der Waals surface area contributed by atoms with E-state index in [1.165, 1.54) is 0 Å². The van der Waals surface area contributed by atoms with Crippen LogP contribution in [0, 0.1) is 0 Å². The second kappa shape index (κ2) is 6.16. The second-order valence-corrected chi connectivity index (χ2v) is 5.38. The Hall–Kier alpha value is -0.510. The minimum atomic E-state index is 0.188. The molecule has 3 nitrogen and oxygen atoms in total. The summed E-state index contributed by atoms with van der Waals surface area (Å²) in [6, 6.07) is 0. The Labute approximate surface area is 95.6 Å². The van der Waals surface area contributed by atoms with Crippen molar-refractivity contribution < 1.29 is 9.59 Å². The van der Waals surface area contributed by atoms with Crippen molar-refractivity contribution in [2.45, 2.75) is 38.4 Å². The summed E-state index contributed by atoms with van der Waals surface area (Å²) in [6.07, 6.45) is 2.18. The molecule has 4 heteroatoms. The summed E-state index contributed by atoms with van der Waals surface area (Å²) in [6.45, 7) is 5.51. The van der Waals surface area contributed by atoms with Crippen LogP contribution in [0.3, 0.4) is 0 Å². The summed E-state index contributed by atoms with van der Waals surface area (Å²) in [5.41, 5.74) is 0. The summed E-state index contributed by atoms with van der Waals surface area (Å²) < 4.78 is 0. The Morgan fingerprint density at radius 2 is 2.07 bits per heavy atom. The predicted molar refractivity (Wildman–Crippen MR) is 63.0 cm³/mol. The highest BCUT2D eigenvalue weighted by Crippen LogP contribution is 2.15. The van der Waals surface area contributed by atoms with Crippen molar-refractivity contribution in [1.29, 1.82) is 0 Å². The molecule has 15 heavy (non-hydrogen) atoms. The Kier molecular flexibility index (Phi) is 5.15. The van der Waals surface area contributed by atoms with Crippen LogP contribution in [0.25, 0.3) is 0 Å². The van der Waals surface area contributed by atoms with Crippen LogP contribution in [0.4, 0.5) is 0 Å². The zero-order chi connectivity index (χ0) is 11.3. The minimum Gasteiger partial charge on any atom is -0.341 e. The highest BCUT2D eigenvalue weighted by atomic mass is 32.2. The third-order valence-electron chi connectivity index (χ3n) is 2.74. The molecule has 1 aliphatic heterocycles. The molecule has 1 unspecified atom stereocenters. The topological polar surface area (TPSA) is 37.4 Å². The lowest BCUT2D eigenvalue weighted by Gasteiger charge is -2.26. The molecule has 0 aromatic heterocycles. The van der Waals surface area contributed by atoms with Gasteiger partial charge in [-0.25, -0.2) is 0 Å². The van der Waals surface area contributed by atoms with Crippen LogP contribution in [0.15, 0.2) is 0 Å². The summed E-state index contributed by atoms with van der Waals surface area (Å²) in [7, 11) is 0. The smallest absolute Gasteiger partial charge is 0.232 e. The first-order valence-corrected chi connectivity index (χ1v) is 6.59. The molecule has 1 atom stereocenters. The van der Waals surface area contributed by atoms with E-state index >= 15 is 0 Å². The molecular weight excluding hydrogens is 210 g/mol. The first-order valence-electron chi connectivity index (χ1n) is 5.54. The summed E-state index contributed by atoms with van der Waals surface area (Å²) in [5.74, 6) is 1.03. The number of carbonyl (C=O) groups excluding carboxylic acids is 2. The maximum Gasteiger partial charge on any atom is 0.232 e. The van der Waals surface area contributed by atoms with E-state index in [4.69, 9.17) is 0 Å². The first-order chi connectivity index (χ1) is 7.13. The number of likely N-dealkylation sites (tertiary alicyclic amines) is 1. The normalized spacial score (nSPS) is 19.1. The van der Waals surface area contributed by atoms with Gasteiger partial charge in [0.05, 0.1) is 5.75 Å². The molecule has 0 radical (unpaired) electrons. The van der Waals surface area contributed by atoms with Gasteiger partial charge >= 0.3 is 0 Å². The molecule has 0 aliphatic carbocycles. The molecule has 0 spiro atoms. The third-order valence-corrected chi connectivity index (χ3v) is 4.06. The molecule has 1 fully saturated rings. The lowest BCUT2D eigenvalue weighted by Crippen LogP contribution is -2.39. The SMILES string of the molecule is CCC(C)SCC(=O)N1CCC(=O)CC1. The molecule has 1 saturated heterocycles. The van der Waals surface area contributed by atoms with Gasteiger partial charge in [0.25, 0.3) is 0 Å². The fourth-order valence-corrected chi connectivity index (χ4v) is 2.27. The molecule has 1 amide bonds. The standard InChI is InChI=1S/C11H19NO2S/c1-3-9(2)15-8-11(14)12-6-4-10(13)5-7-12/h9H,3-8H2,1-2H3. The number of amides is 1. The highest BCUT2D eigenvalue weighted by molar-refractivity contribution is 8.00. The molecule has 0 N–H and O–H groups in total. The van der Waals surface area contributed by atoms with E-state index in [1.807, 2.05) is 4.90 Å². The van der Waals surface area contributed by atoms with Crippen LogP contribution >= 0.6 is 11.8 Å². The average molecular weight is 229 g/mol. The Morgan fingerprint density at radius 1 is 1.47 bits per heavy atom. The van der Waals surface area contributed by atoms with Crippen LogP contribution in [0.1, 0.15) is 33.1 Å². The summed E-state index contributed by atoms with van der Waals surface area (Å²) in [5, 5.41) is 0.542. The second-order valence-electron chi connectivity index (χ2n) is 3.95. The molecule has 0 bridgehead atoms. The van der Waals surface area contributed by atoms with Crippen LogP contribution in [0.2, 0.25) is 0 Å². The van der Waals surface area contributed by atoms with Gasteiger partial charge in [-0.1, -0.05) is 13.8 Å². The minimum absolute atomic E-state index is 0.188.